The van der Waals surface area contributed by atoms with Crippen molar-refractivity contribution in [2.75, 3.05) is 6.61 Å². The van der Waals surface area contributed by atoms with E-state index in [4.69, 9.17) is 18.9 Å². The first kappa shape index (κ1) is 20.9. The Bertz CT molecular complexity index is 1020. The van der Waals surface area contributed by atoms with Gasteiger partial charge in [-0.15, -0.1) is 0 Å². The van der Waals surface area contributed by atoms with E-state index in [0.29, 0.717) is 16.9 Å². The van der Waals surface area contributed by atoms with E-state index in [-0.39, 0.29) is 12.2 Å². The Morgan fingerprint density at radius 2 is 1.43 bits per heavy atom. The molecule has 0 amide bonds. The molecule has 1 atom stereocenters. The molecule has 2 aromatic carbocycles. The molecule has 0 radical (unpaired) electrons. The minimum Gasteiger partial charge on any atom is -0.425 e. The van der Waals surface area contributed by atoms with E-state index >= 15 is 0 Å². The quantitative estimate of drug-likeness (QED) is 0.401. The van der Waals surface area contributed by atoms with Crippen molar-refractivity contribution in [3.05, 3.63) is 78.4 Å². The normalized spacial score (nSPS) is 17.5. The lowest BCUT2D eigenvalue weighted by atomic mass is 10.00. The van der Waals surface area contributed by atoms with Crippen LogP contribution in [0.1, 0.15) is 19.4 Å². The molecule has 1 fully saturated rings. The molecule has 1 aliphatic rings. The maximum Gasteiger partial charge on any atom is 0.512 e. The number of rotatable bonds is 6. The summed E-state index contributed by atoms with van der Waals surface area (Å²) in [6.45, 7) is 9.89. The van der Waals surface area contributed by atoms with Crippen molar-refractivity contribution in [3.8, 4) is 16.9 Å². The van der Waals surface area contributed by atoms with E-state index in [1.165, 1.54) is 6.92 Å². The molecule has 0 aromatic heterocycles. The van der Waals surface area contributed by atoms with Crippen molar-refractivity contribution in [1.29, 1.82) is 0 Å². The molecule has 0 spiro atoms. The standard InChI is InChI=1S/C23H20O7/c1-14(2)20(24)28-19-11-7-17(8-12-19)16-5-9-18(10-6-16)23(13-27-22(26)30-23)29-21(25)15(3)4/h5-12H,1,3,13H2,2,4H3. The first-order chi connectivity index (χ1) is 14.2. The van der Waals surface area contributed by atoms with Gasteiger partial charge in [-0.05, 0) is 37.1 Å². The zero-order valence-electron chi connectivity index (χ0n) is 16.6. The summed E-state index contributed by atoms with van der Waals surface area (Å²) < 4.78 is 20.6. The van der Waals surface area contributed by atoms with Gasteiger partial charge in [0.2, 0.25) is 0 Å². The van der Waals surface area contributed by atoms with E-state index in [2.05, 4.69) is 13.2 Å². The summed E-state index contributed by atoms with van der Waals surface area (Å²) in [6, 6.07) is 13.9. The molecule has 1 aliphatic heterocycles. The Morgan fingerprint density at radius 1 is 0.900 bits per heavy atom. The molecule has 3 rings (SSSR count). The lowest BCUT2D eigenvalue weighted by Crippen LogP contribution is -2.35. The Hall–Kier alpha value is -3.87. The Balaban J connectivity index is 1.81. The summed E-state index contributed by atoms with van der Waals surface area (Å²) >= 11 is 0. The van der Waals surface area contributed by atoms with Gasteiger partial charge in [0, 0.05) is 16.7 Å². The Morgan fingerprint density at radius 3 is 1.90 bits per heavy atom. The zero-order chi connectivity index (χ0) is 21.9. The SMILES string of the molecule is C=C(C)C(=O)Oc1ccc(-c2ccc(C3(OC(=O)C(=C)C)COC(=O)O3)cc2)cc1. The summed E-state index contributed by atoms with van der Waals surface area (Å²) in [5.41, 5.74) is 2.64. The van der Waals surface area contributed by atoms with Crippen molar-refractivity contribution in [3.63, 3.8) is 0 Å². The maximum absolute atomic E-state index is 12.0. The van der Waals surface area contributed by atoms with Crippen LogP contribution in [0.4, 0.5) is 4.79 Å². The first-order valence-corrected chi connectivity index (χ1v) is 9.03. The summed E-state index contributed by atoms with van der Waals surface area (Å²) in [5, 5.41) is 0. The van der Waals surface area contributed by atoms with Crippen LogP contribution in [-0.4, -0.2) is 24.7 Å². The number of hydrogen-bond acceptors (Lipinski definition) is 7. The van der Waals surface area contributed by atoms with Crippen LogP contribution < -0.4 is 4.74 Å². The van der Waals surface area contributed by atoms with Crippen molar-refractivity contribution in [1.82, 2.24) is 0 Å². The van der Waals surface area contributed by atoms with Crippen LogP contribution in [0.3, 0.4) is 0 Å². The summed E-state index contributed by atoms with van der Waals surface area (Å²) in [5.74, 6) is -2.44. The monoisotopic (exact) mass is 408 g/mol. The molecule has 1 saturated heterocycles. The van der Waals surface area contributed by atoms with Crippen LogP contribution >= 0.6 is 0 Å². The van der Waals surface area contributed by atoms with Gasteiger partial charge in [-0.1, -0.05) is 49.6 Å². The van der Waals surface area contributed by atoms with E-state index in [1.54, 1.807) is 55.5 Å². The van der Waals surface area contributed by atoms with Crippen LogP contribution in [0.5, 0.6) is 5.75 Å². The Labute approximate surface area is 173 Å². The van der Waals surface area contributed by atoms with E-state index in [1.807, 2.05) is 0 Å². The van der Waals surface area contributed by atoms with Crippen molar-refractivity contribution in [2.45, 2.75) is 19.6 Å². The van der Waals surface area contributed by atoms with Crippen LogP contribution in [-0.2, 0) is 29.6 Å². The molecule has 154 valence electrons. The predicted molar refractivity (Wildman–Crippen MR) is 107 cm³/mol. The molecule has 0 N–H and O–H groups in total. The minimum absolute atomic E-state index is 0.168. The highest BCUT2D eigenvalue weighted by molar-refractivity contribution is 5.89. The molecule has 7 heteroatoms. The largest absolute Gasteiger partial charge is 0.512 e. The van der Waals surface area contributed by atoms with Gasteiger partial charge in [0.1, 0.15) is 5.75 Å². The van der Waals surface area contributed by atoms with Gasteiger partial charge in [-0.3, -0.25) is 0 Å². The second kappa shape index (κ2) is 8.24. The average Bonchev–Trinajstić information content (AvgIpc) is 3.10. The van der Waals surface area contributed by atoms with Gasteiger partial charge in [0.15, 0.2) is 6.61 Å². The van der Waals surface area contributed by atoms with E-state index in [0.717, 1.165) is 11.1 Å². The highest BCUT2D eigenvalue weighted by Gasteiger charge is 2.48. The average molecular weight is 408 g/mol. The van der Waals surface area contributed by atoms with Crippen LogP contribution in [0.2, 0.25) is 0 Å². The van der Waals surface area contributed by atoms with Gasteiger partial charge in [-0.2, -0.15) is 0 Å². The van der Waals surface area contributed by atoms with Crippen LogP contribution in [0.15, 0.2) is 72.8 Å². The summed E-state index contributed by atoms with van der Waals surface area (Å²) in [4.78, 5) is 35.1. The van der Waals surface area contributed by atoms with Crippen LogP contribution in [0.25, 0.3) is 11.1 Å². The van der Waals surface area contributed by atoms with E-state index < -0.39 is 23.9 Å². The van der Waals surface area contributed by atoms with Crippen molar-refractivity contribution in [2.24, 2.45) is 0 Å². The second-order valence-electron chi connectivity index (χ2n) is 6.84. The smallest absolute Gasteiger partial charge is 0.425 e. The molecule has 30 heavy (non-hydrogen) atoms. The highest BCUT2D eigenvalue weighted by atomic mass is 16.9. The molecule has 0 saturated carbocycles. The van der Waals surface area contributed by atoms with E-state index in [9.17, 15) is 14.4 Å². The van der Waals surface area contributed by atoms with Gasteiger partial charge in [0.25, 0.3) is 0 Å². The lowest BCUT2D eigenvalue weighted by molar-refractivity contribution is -0.197. The second-order valence-corrected chi connectivity index (χ2v) is 6.84. The predicted octanol–water partition coefficient (Wildman–Crippen LogP) is 4.27. The van der Waals surface area contributed by atoms with Gasteiger partial charge in [0.05, 0.1) is 0 Å². The fourth-order valence-electron chi connectivity index (χ4n) is 2.66. The number of carbonyl (C=O) groups is 3. The fourth-order valence-corrected chi connectivity index (χ4v) is 2.66. The number of ether oxygens (including phenoxy) is 4. The molecule has 7 nitrogen and oxygen atoms in total. The Kier molecular flexibility index (Phi) is 5.73. The third-order valence-corrected chi connectivity index (χ3v) is 4.31. The van der Waals surface area contributed by atoms with Crippen molar-refractivity contribution >= 4 is 18.1 Å². The maximum atomic E-state index is 12.0. The summed E-state index contributed by atoms with van der Waals surface area (Å²) in [6.07, 6.45) is -0.923. The number of hydrogen-bond donors (Lipinski definition) is 0. The number of benzene rings is 2. The van der Waals surface area contributed by atoms with Gasteiger partial charge >= 0.3 is 23.9 Å². The molecule has 1 heterocycles. The molecular formula is C23H20O7. The number of cyclic esters (lactones) is 2. The highest BCUT2D eigenvalue weighted by Crippen LogP contribution is 2.35. The fraction of sp³-hybridized carbons (Fsp3) is 0.174. The lowest BCUT2D eigenvalue weighted by Gasteiger charge is -2.25. The first-order valence-electron chi connectivity index (χ1n) is 9.03. The molecule has 0 aliphatic carbocycles. The molecule has 2 aromatic rings. The number of esters is 2. The van der Waals surface area contributed by atoms with Crippen LogP contribution in [0, 0.1) is 0 Å². The third kappa shape index (κ3) is 4.41. The van der Waals surface area contributed by atoms with Gasteiger partial charge in [-0.25, -0.2) is 14.4 Å². The molecular weight excluding hydrogens is 388 g/mol. The number of carbonyl (C=O) groups excluding carboxylic acids is 3. The van der Waals surface area contributed by atoms with Gasteiger partial charge < -0.3 is 18.9 Å². The topological polar surface area (TPSA) is 88.1 Å². The minimum atomic E-state index is -1.66. The third-order valence-electron chi connectivity index (χ3n) is 4.31. The molecule has 0 bridgehead atoms. The zero-order valence-corrected chi connectivity index (χ0v) is 16.6. The molecule has 1 unspecified atom stereocenters. The summed E-state index contributed by atoms with van der Waals surface area (Å²) in [7, 11) is 0. The van der Waals surface area contributed by atoms with Crippen molar-refractivity contribution < 1.29 is 33.3 Å².